The predicted octanol–water partition coefficient (Wildman–Crippen LogP) is 1.75. The van der Waals surface area contributed by atoms with E-state index in [1.165, 1.54) is 0 Å². The molecule has 26 heavy (non-hydrogen) atoms. The van der Waals surface area contributed by atoms with Gasteiger partial charge in [0.2, 0.25) is 0 Å². The number of aromatic nitrogens is 1. The number of carbonyl (C=O) groups excluding carboxylic acids is 3. The number of benzene rings is 2. The van der Waals surface area contributed by atoms with Crippen molar-refractivity contribution in [3.05, 3.63) is 41.0 Å². The quantitative estimate of drug-likeness (QED) is 0.487. The lowest BCUT2D eigenvalue weighted by Crippen LogP contribution is -2.30. The van der Waals surface area contributed by atoms with Crippen molar-refractivity contribution in [2.45, 2.75) is 6.92 Å². The number of aromatic amines is 1. The third-order valence-electron chi connectivity index (χ3n) is 4.47. The van der Waals surface area contributed by atoms with E-state index in [-0.39, 0.29) is 34.2 Å². The molecule has 2 amide bonds. The number of para-hydroxylation sites is 1. The van der Waals surface area contributed by atoms with Gasteiger partial charge in [-0.15, -0.1) is 0 Å². The third kappa shape index (κ3) is 1.90. The van der Waals surface area contributed by atoms with E-state index in [1.54, 1.807) is 31.2 Å². The highest BCUT2D eigenvalue weighted by molar-refractivity contribution is 6.32. The summed E-state index contributed by atoms with van der Waals surface area (Å²) in [6, 6.07) is 6.99. The van der Waals surface area contributed by atoms with E-state index in [2.05, 4.69) is 4.98 Å². The molecule has 3 N–H and O–H groups in total. The van der Waals surface area contributed by atoms with Crippen molar-refractivity contribution in [1.82, 2.24) is 9.88 Å². The van der Waals surface area contributed by atoms with E-state index < -0.39 is 30.3 Å². The molecule has 0 bridgehead atoms. The van der Waals surface area contributed by atoms with Crippen LogP contribution >= 0.6 is 0 Å². The molecule has 3 aromatic rings. The average Bonchev–Trinajstić information content (AvgIpc) is 3.11. The van der Waals surface area contributed by atoms with Crippen molar-refractivity contribution in [2.24, 2.45) is 0 Å². The number of carbonyl (C=O) groups is 3. The van der Waals surface area contributed by atoms with Crippen molar-refractivity contribution in [2.75, 3.05) is 13.3 Å². The lowest BCUT2D eigenvalue weighted by molar-refractivity contribution is 0.0469. The van der Waals surface area contributed by atoms with E-state index >= 15 is 0 Å². The van der Waals surface area contributed by atoms with Gasteiger partial charge in [-0.2, -0.15) is 0 Å². The van der Waals surface area contributed by atoms with Crippen LogP contribution in [0.5, 0.6) is 5.75 Å². The van der Waals surface area contributed by atoms with Gasteiger partial charge in [-0.1, -0.05) is 18.2 Å². The van der Waals surface area contributed by atoms with Gasteiger partial charge in [0, 0.05) is 10.9 Å². The maximum absolute atomic E-state index is 12.7. The number of rotatable bonds is 3. The number of hydrogen-bond acceptors (Lipinski definition) is 6. The van der Waals surface area contributed by atoms with Gasteiger partial charge in [0.25, 0.3) is 11.8 Å². The van der Waals surface area contributed by atoms with Gasteiger partial charge in [-0.05, 0) is 13.0 Å². The summed E-state index contributed by atoms with van der Waals surface area (Å²) < 4.78 is 4.97. The Morgan fingerprint density at radius 3 is 2.58 bits per heavy atom. The van der Waals surface area contributed by atoms with Gasteiger partial charge < -0.3 is 19.9 Å². The normalized spacial score (nSPS) is 13.7. The number of aliphatic hydroxyl groups is 1. The molecule has 8 nitrogen and oxygen atoms in total. The minimum Gasteiger partial charge on any atom is -0.506 e. The van der Waals surface area contributed by atoms with Crippen LogP contribution in [0.2, 0.25) is 0 Å². The average molecular weight is 354 g/mol. The van der Waals surface area contributed by atoms with Gasteiger partial charge in [0.15, 0.2) is 0 Å². The molecular weight excluding hydrogens is 340 g/mol. The Labute approximate surface area is 146 Å². The van der Waals surface area contributed by atoms with Crippen LogP contribution in [0.3, 0.4) is 0 Å². The summed E-state index contributed by atoms with van der Waals surface area (Å²) in [6.45, 7) is 0.786. The Hall–Kier alpha value is -3.39. The molecule has 2 heterocycles. The summed E-state index contributed by atoms with van der Waals surface area (Å²) in [7, 11) is 0. The molecule has 132 valence electrons. The molecule has 1 aromatic heterocycles. The highest BCUT2D eigenvalue weighted by Gasteiger charge is 2.43. The van der Waals surface area contributed by atoms with Gasteiger partial charge in [0.1, 0.15) is 18.0 Å². The molecule has 0 saturated carbocycles. The van der Waals surface area contributed by atoms with Crippen LogP contribution in [0.15, 0.2) is 24.3 Å². The number of esters is 1. The number of nitrogens with one attached hydrogen (secondary N) is 1. The van der Waals surface area contributed by atoms with Crippen LogP contribution in [0.1, 0.15) is 38.0 Å². The maximum Gasteiger partial charge on any atom is 0.342 e. The van der Waals surface area contributed by atoms with Crippen LogP contribution in [-0.4, -0.2) is 51.2 Å². The fraction of sp³-hybridized carbons (Fsp3) is 0.167. The van der Waals surface area contributed by atoms with Crippen LogP contribution in [0.4, 0.5) is 0 Å². The highest BCUT2D eigenvalue weighted by atomic mass is 16.5. The number of imide groups is 1. The number of fused-ring (bicyclic) bond motifs is 5. The van der Waals surface area contributed by atoms with E-state index in [0.29, 0.717) is 15.8 Å². The molecule has 8 heteroatoms. The predicted molar refractivity (Wildman–Crippen MR) is 91.0 cm³/mol. The Bertz CT molecular complexity index is 1110. The Kier molecular flexibility index (Phi) is 3.45. The smallest absolute Gasteiger partial charge is 0.342 e. The molecule has 1 aliphatic heterocycles. The van der Waals surface area contributed by atoms with Gasteiger partial charge >= 0.3 is 5.97 Å². The van der Waals surface area contributed by atoms with Gasteiger partial charge in [-0.25, -0.2) is 4.79 Å². The minimum absolute atomic E-state index is 0.0326. The fourth-order valence-electron chi connectivity index (χ4n) is 3.39. The summed E-state index contributed by atoms with van der Waals surface area (Å²) in [6.07, 6.45) is 0. The number of phenols is 1. The van der Waals surface area contributed by atoms with Crippen LogP contribution < -0.4 is 0 Å². The van der Waals surface area contributed by atoms with Crippen molar-refractivity contribution in [1.29, 1.82) is 0 Å². The fourth-order valence-corrected chi connectivity index (χ4v) is 3.39. The number of nitrogens with zero attached hydrogens (tertiary/aromatic N) is 1. The first-order chi connectivity index (χ1) is 12.5. The summed E-state index contributed by atoms with van der Waals surface area (Å²) >= 11 is 0. The SMILES string of the molecule is CCOC(=O)c1c2c(c3[nH]c4ccccc4c3c1O)C(=O)N(CO)C2=O. The molecule has 0 radical (unpaired) electrons. The Balaban J connectivity index is 2.21. The summed E-state index contributed by atoms with van der Waals surface area (Å²) in [4.78, 5) is 41.3. The van der Waals surface area contributed by atoms with E-state index in [1.807, 2.05) is 0 Å². The molecule has 0 spiro atoms. The van der Waals surface area contributed by atoms with Crippen molar-refractivity contribution in [3.63, 3.8) is 0 Å². The molecule has 4 rings (SSSR count). The van der Waals surface area contributed by atoms with E-state index in [0.717, 1.165) is 0 Å². The second kappa shape index (κ2) is 5.57. The number of hydrogen-bond donors (Lipinski definition) is 3. The second-order valence-corrected chi connectivity index (χ2v) is 5.79. The second-order valence-electron chi connectivity index (χ2n) is 5.79. The number of aliphatic hydroxyl groups excluding tert-OH is 1. The van der Waals surface area contributed by atoms with Crippen molar-refractivity contribution in [3.8, 4) is 5.75 Å². The molecule has 1 aliphatic rings. The minimum atomic E-state index is -0.908. The number of H-pyrrole nitrogens is 1. The van der Waals surface area contributed by atoms with Crippen LogP contribution in [0, 0.1) is 0 Å². The summed E-state index contributed by atoms with van der Waals surface area (Å²) in [5.41, 5.74) is 0.174. The molecule has 0 unspecified atom stereocenters. The monoisotopic (exact) mass is 354 g/mol. The Morgan fingerprint density at radius 1 is 1.19 bits per heavy atom. The standard InChI is InChI=1S/C18H14N2O6/c1-2-26-18(25)13-11-12(17(24)20(7-21)16(11)23)14-10(15(13)22)8-5-3-4-6-9(8)19-14/h3-6,19,21-22H,2,7H2,1H3. The molecule has 0 saturated heterocycles. The number of phenolic OH excluding ortho intramolecular Hbond substituents is 1. The number of amides is 2. The molecule has 0 aliphatic carbocycles. The topological polar surface area (TPSA) is 120 Å². The molecule has 0 atom stereocenters. The lowest BCUT2D eigenvalue weighted by atomic mass is 9.96. The lowest BCUT2D eigenvalue weighted by Gasteiger charge is -2.10. The van der Waals surface area contributed by atoms with Gasteiger partial charge in [-0.3, -0.25) is 14.5 Å². The van der Waals surface area contributed by atoms with E-state index in [9.17, 15) is 24.6 Å². The number of aromatic hydroxyl groups is 1. The van der Waals surface area contributed by atoms with Gasteiger partial charge in [0.05, 0.1) is 28.6 Å². The first kappa shape index (κ1) is 16.1. The molecule has 0 fully saturated rings. The largest absolute Gasteiger partial charge is 0.506 e. The first-order valence-electron chi connectivity index (χ1n) is 7.94. The van der Waals surface area contributed by atoms with Crippen molar-refractivity contribution >= 4 is 39.6 Å². The number of ether oxygens (including phenoxy) is 1. The third-order valence-corrected chi connectivity index (χ3v) is 4.47. The van der Waals surface area contributed by atoms with E-state index in [4.69, 9.17) is 4.74 Å². The zero-order valence-electron chi connectivity index (χ0n) is 13.7. The summed E-state index contributed by atoms with van der Waals surface area (Å²) in [5, 5.41) is 21.0. The highest BCUT2D eigenvalue weighted by Crippen LogP contribution is 2.43. The van der Waals surface area contributed by atoms with Crippen LogP contribution in [-0.2, 0) is 4.74 Å². The molecule has 2 aromatic carbocycles. The summed E-state index contributed by atoms with van der Waals surface area (Å²) in [5.74, 6) is -2.94. The first-order valence-corrected chi connectivity index (χ1v) is 7.94. The zero-order valence-corrected chi connectivity index (χ0v) is 13.7. The van der Waals surface area contributed by atoms with Crippen LogP contribution in [0.25, 0.3) is 21.8 Å². The molecular formula is C18H14N2O6. The zero-order chi connectivity index (χ0) is 18.6. The van der Waals surface area contributed by atoms with Crippen molar-refractivity contribution < 1.29 is 29.3 Å². The maximum atomic E-state index is 12.7. The Morgan fingerprint density at radius 2 is 1.88 bits per heavy atom.